The maximum absolute atomic E-state index is 13.0. The molecule has 0 N–H and O–H groups in total. The van der Waals surface area contributed by atoms with Crippen LogP contribution in [-0.4, -0.2) is 23.8 Å². The topological polar surface area (TPSA) is 63.4 Å². The normalized spacial score (nSPS) is 15.2. The molecule has 1 aliphatic rings. The molecule has 0 saturated carbocycles. The first-order valence-corrected chi connectivity index (χ1v) is 8.68. The number of nitro benzene ring substituents is 1. The third-order valence-corrected chi connectivity index (χ3v) is 4.93. The summed E-state index contributed by atoms with van der Waals surface area (Å²) in [5, 5.41) is 11.5. The summed E-state index contributed by atoms with van der Waals surface area (Å²) in [5.74, 6) is 0.376. The minimum absolute atomic E-state index is 0.168. The Balaban J connectivity index is 2.10. The maximum atomic E-state index is 13.0. The van der Waals surface area contributed by atoms with Crippen LogP contribution < -0.4 is 4.90 Å². The molecule has 6 heteroatoms. The first-order chi connectivity index (χ1) is 12.0. The molecule has 1 aliphatic heterocycles. The standard InChI is InChI=1S/C19H19ClN2O3/c1-13-7-9-21(10-8-13)18-16(11-15(22(24)25)12-17(18)20)19(23)14-5-3-2-4-6-14/h2-6,11-13H,7-10H2,1H3. The summed E-state index contributed by atoms with van der Waals surface area (Å²) in [4.78, 5) is 25.8. The van der Waals surface area contributed by atoms with Gasteiger partial charge in [0.15, 0.2) is 5.78 Å². The van der Waals surface area contributed by atoms with Gasteiger partial charge >= 0.3 is 0 Å². The lowest BCUT2D eigenvalue weighted by Crippen LogP contribution is -2.34. The van der Waals surface area contributed by atoms with E-state index in [0.29, 0.717) is 22.7 Å². The van der Waals surface area contributed by atoms with E-state index in [-0.39, 0.29) is 16.5 Å². The average molecular weight is 359 g/mol. The number of anilines is 1. The Bertz CT molecular complexity index is 800. The van der Waals surface area contributed by atoms with Gasteiger partial charge in [0.1, 0.15) is 0 Å². The fourth-order valence-corrected chi connectivity index (χ4v) is 3.49. The molecule has 0 radical (unpaired) electrons. The molecule has 0 amide bonds. The summed E-state index contributed by atoms with van der Waals surface area (Å²) >= 11 is 6.38. The van der Waals surface area contributed by atoms with Gasteiger partial charge in [-0.05, 0) is 18.8 Å². The van der Waals surface area contributed by atoms with Gasteiger partial charge in [-0.2, -0.15) is 0 Å². The number of benzene rings is 2. The molecular formula is C19H19ClN2O3. The van der Waals surface area contributed by atoms with Gasteiger partial charge in [-0.25, -0.2) is 0 Å². The molecule has 5 nitrogen and oxygen atoms in total. The maximum Gasteiger partial charge on any atom is 0.271 e. The van der Waals surface area contributed by atoms with Gasteiger partial charge in [0.05, 0.1) is 21.2 Å². The van der Waals surface area contributed by atoms with E-state index < -0.39 is 4.92 Å². The third kappa shape index (κ3) is 3.66. The van der Waals surface area contributed by atoms with Crippen molar-refractivity contribution in [3.8, 4) is 0 Å². The summed E-state index contributed by atoms with van der Waals surface area (Å²) in [5.41, 5.74) is 1.22. The van der Waals surface area contributed by atoms with Crippen molar-refractivity contribution in [3.05, 3.63) is 68.7 Å². The quantitative estimate of drug-likeness (QED) is 0.451. The second-order valence-electron chi connectivity index (χ2n) is 6.45. The van der Waals surface area contributed by atoms with Gasteiger partial charge in [0, 0.05) is 30.8 Å². The lowest BCUT2D eigenvalue weighted by molar-refractivity contribution is -0.384. The fourth-order valence-electron chi connectivity index (χ4n) is 3.16. The molecule has 0 aliphatic carbocycles. The molecule has 0 spiro atoms. The zero-order chi connectivity index (χ0) is 18.0. The van der Waals surface area contributed by atoms with E-state index in [1.807, 2.05) is 6.07 Å². The number of ketones is 1. The van der Waals surface area contributed by atoms with Crippen LogP contribution in [-0.2, 0) is 0 Å². The Morgan fingerprint density at radius 3 is 2.44 bits per heavy atom. The van der Waals surface area contributed by atoms with E-state index in [1.54, 1.807) is 24.3 Å². The molecule has 3 rings (SSSR count). The van der Waals surface area contributed by atoms with Crippen LogP contribution in [0.25, 0.3) is 0 Å². The lowest BCUT2D eigenvalue weighted by atomic mass is 9.96. The largest absolute Gasteiger partial charge is 0.370 e. The highest BCUT2D eigenvalue weighted by Gasteiger charge is 2.27. The zero-order valence-electron chi connectivity index (χ0n) is 13.9. The molecule has 2 aromatic rings. The van der Waals surface area contributed by atoms with Gasteiger partial charge in [-0.1, -0.05) is 48.9 Å². The van der Waals surface area contributed by atoms with Crippen molar-refractivity contribution in [2.24, 2.45) is 5.92 Å². The molecule has 1 fully saturated rings. The summed E-state index contributed by atoms with van der Waals surface area (Å²) < 4.78 is 0. The minimum Gasteiger partial charge on any atom is -0.370 e. The van der Waals surface area contributed by atoms with Crippen molar-refractivity contribution in [2.75, 3.05) is 18.0 Å². The molecule has 1 saturated heterocycles. The molecule has 130 valence electrons. The number of nitro groups is 1. The number of carbonyl (C=O) groups is 1. The Labute approximate surface area is 151 Å². The second-order valence-corrected chi connectivity index (χ2v) is 6.85. The van der Waals surface area contributed by atoms with Crippen LogP contribution >= 0.6 is 11.6 Å². The van der Waals surface area contributed by atoms with Crippen LogP contribution in [0, 0.1) is 16.0 Å². The van der Waals surface area contributed by atoms with E-state index in [2.05, 4.69) is 11.8 Å². The Hall–Kier alpha value is -2.40. The fraction of sp³-hybridized carbons (Fsp3) is 0.316. The first-order valence-electron chi connectivity index (χ1n) is 8.30. The summed E-state index contributed by atoms with van der Waals surface area (Å²) in [6, 6.07) is 11.5. The van der Waals surface area contributed by atoms with Crippen LogP contribution in [0.3, 0.4) is 0 Å². The first kappa shape index (κ1) is 17.4. The van der Waals surface area contributed by atoms with Crippen LogP contribution in [0.5, 0.6) is 0 Å². The predicted molar refractivity (Wildman–Crippen MR) is 98.6 cm³/mol. The summed E-state index contributed by atoms with van der Waals surface area (Å²) in [7, 11) is 0. The Morgan fingerprint density at radius 2 is 1.84 bits per heavy atom. The Kier molecular flexibility index (Phi) is 5.04. The van der Waals surface area contributed by atoms with Crippen LogP contribution in [0.4, 0.5) is 11.4 Å². The van der Waals surface area contributed by atoms with E-state index in [9.17, 15) is 14.9 Å². The highest BCUT2D eigenvalue weighted by Crippen LogP contribution is 2.37. The smallest absolute Gasteiger partial charge is 0.271 e. The summed E-state index contributed by atoms with van der Waals surface area (Å²) in [6.07, 6.45) is 2.01. The zero-order valence-corrected chi connectivity index (χ0v) is 14.7. The van der Waals surface area contributed by atoms with Crippen molar-refractivity contribution >= 4 is 28.8 Å². The van der Waals surface area contributed by atoms with Gasteiger partial charge < -0.3 is 4.90 Å². The van der Waals surface area contributed by atoms with Gasteiger partial charge in [0.2, 0.25) is 0 Å². The van der Waals surface area contributed by atoms with Crippen molar-refractivity contribution in [3.63, 3.8) is 0 Å². The second kappa shape index (κ2) is 7.23. The molecule has 0 bridgehead atoms. The van der Waals surface area contributed by atoms with E-state index in [1.165, 1.54) is 12.1 Å². The number of piperidine rings is 1. The third-order valence-electron chi connectivity index (χ3n) is 4.64. The van der Waals surface area contributed by atoms with Crippen molar-refractivity contribution in [1.82, 2.24) is 0 Å². The van der Waals surface area contributed by atoms with Crippen molar-refractivity contribution in [2.45, 2.75) is 19.8 Å². The Morgan fingerprint density at radius 1 is 1.20 bits per heavy atom. The molecular weight excluding hydrogens is 340 g/mol. The van der Waals surface area contributed by atoms with Crippen molar-refractivity contribution < 1.29 is 9.72 Å². The predicted octanol–water partition coefficient (Wildman–Crippen LogP) is 4.72. The lowest BCUT2D eigenvalue weighted by Gasteiger charge is -2.33. The number of hydrogen-bond acceptors (Lipinski definition) is 4. The van der Waals surface area contributed by atoms with Gasteiger partial charge in [-0.15, -0.1) is 0 Å². The van der Waals surface area contributed by atoms with Crippen LogP contribution in [0.2, 0.25) is 5.02 Å². The SMILES string of the molecule is CC1CCN(c2c(Cl)cc([N+](=O)[O-])cc2C(=O)c2ccccc2)CC1. The highest BCUT2D eigenvalue weighted by atomic mass is 35.5. The number of nitrogens with zero attached hydrogens (tertiary/aromatic N) is 2. The molecule has 0 aromatic heterocycles. The van der Waals surface area contributed by atoms with E-state index >= 15 is 0 Å². The average Bonchev–Trinajstić information content (AvgIpc) is 2.62. The molecule has 0 atom stereocenters. The van der Waals surface area contributed by atoms with E-state index in [0.717, 1.165) is 25.9 Å². The molecule has 2 aromatic carbocycles. The van der Waals surface area contributed by atoms with Crippen LogP contribution in [0.15, 0.2) is 42.5 Å². The number of non-ortho nitro benzene ring substituents is 1. The van der Waals surface area contributed by atoms with Crippen molar-refractivity contribution in [1.29, 1.82) is 0 Å². The molecule has 0 unspecified atom stereocenters. The van der Waals surface area contributed by atoms with Gasteiger partial charge in [-0.3, -0.25) is 14.9 Å². The number of halogens is 1. The monoisotopic (exact) mass is 358 g/mol. The molecule has 1 heterocycles. The number of hydrogen-bond donors (Lipinski definition) is 0. The highest BCUT2D eigenvalue weighted by molar-refractivity contribution is 6.35. The summed E-state index contributed by atoms with van der Waals surface area (Å²) in [6.45, 7) is 3.77. The minimum atomic E-state index is -0.518. The molecule has 25 heavy (non-hydrogen) atoms. The van der Waals surface area contributed by atoms with Crippen LogP contribution in [0.1, 0.15) is 35.7 Å². The van der Waals surface area contributed by atoms with Gasteiger partial charge in [0.25, 0.3) is 5.69 Å². The number of rotatable bonds is 4. The van der Waals surface area contributed by atoms with E-state index in [4.69, 9.17) is 11.6 Å². The number of carbonyl (C=O) groups excluding carboxylic acids is 1.